The molecular weight excluding hydrogens is 997 g/mol. The van der Waals surface area contributed by atoms with Crippen LogP contribution in [-0.2, 0) is 28.6 Å². The largest absolute Gasteiger partial charge is 0.462 e. The van der Waals surface area contributed by atoms with E-state index in [-0.39, 0.29) is 31.6 Å². The van der Waals surface area contributed by atoms with Crippen molar-refractivity contribution in [2.75, 3.05) is 13.2 Å². The molecule has 6 nitrogen and oxygen atoms in total. The molecule has 1 atom stereocenters. The van der Waals surface area contributed by atoms with Crippen molar-refractivity contribution >= 4 is 17.9 Å². The van der Waals surface area contributed by atoms with E-state index < -0.39 is 12.1 Å². The van der Waals surface area contributed by atoms with Gasteiger partial charge in [0.1, 0.15) is 13.2 Å². The van der Waals surface area contributed by atoms with Crippen LogP contribution < -0.4 is 0 Å². The topological polar surface area (TPSA) is 78.9 Å². The van der Waals surface area contributed by atoms with Gasteiger partial charge in [-0.25, -0.2) is 0 Å². The van der Waals surface area contributed by atoms with Gasteiger partial charge in [-0.15, -0.1) is 0 Å². The Balaban J connectivity index is 4.44. The molecule has 6 heteroatoms. The van der Waals surface area contributed by atoms with Crippen molar-refractivity contribution < 1.29 is 28.6 Å². The summed E-state index contributed by atoms with van der Waals surface area (Å²) in [6, 6.07) is 0. The van der Waals surface area contributed by atoms with E-state index in [0.717, 1.165) is 135 Å². The lowest BCUT2D eigenvalue weighted by molar-refractivity contribution is -0.166. The van der Waals surface area contributed by atoms with Gasteiger partial charge in [0.15, 0.2) is 6.10 Å². The van der Waals surface area contributed by atoms with Crippen LogP contribution in [0.15, 0.2) is 170 Å². The van der Waals surface area contributed by atoms with E-state index in [9.17, 15) is 14.4 Å². The van der Waals surface area contributed by atoms with Gasteiger partial charge in [0.2, 0.25) is 0 Å². The van der Waals surface area contributed by atoms with Crippen molar-refractivity contribution in [3.63, 3.8) is 0 Å². The summed E-state index contributed by atoms with van der Waals surface area (Å²) in [5, 5.41) is 0. The molecule has 454 valence electrons. The van der Waals surface area contributed by atoms with Gasteiger partial charge in [0.05, 0.1) is 6.42 Å². The van der Waals surface area contributed by atoms with Crippen LogP contribution in [0.1, 0.15) is 265 Å². The van der Waals surface area contributed by atoms with Crippen LogP contribution in [0.4, 0.5) is 0 Å². The number of ether oxygens (including phenoxy) is 3. The maximum absolute atomic E-state index is 12.9. The van der Waals surface area contributed by atoms with E-state index in [1.165, 1.54) is 89.9 Å². The Hall–Kier alpha value is -5.23. The lowest BCUT2D eigenvalue weighted by Crippen LogP contribution is -2.30. The molecule has 0 aliphatic heterocycles. The van der Waals surface area contributed by atoms with E-state index in [4.69, 9.17) is 14.2 Å². The highest BCUT2D eigenvalue weighted by Gasteiger charge is 2.19. The molecule has 1 unspecified atom stereocenters. The van der Waals surface area contributed by atoms with Crippen molar-refractivity contribution in [2.45, 2.75) is 271 Å². The zero-order chi connectivity index (χ0) is 58.5. The van der Waals surface area contributed by atoms with E-state index >= 15 is 0 Å². The Bertz CT molecular complexity index is 1860. The van der Waals surface area contributed by atoms with Crippen LogP contribution in [0.3, 0.4) is 0 Å². The fourth-order valence-electron chi connectivity index (χ4n) is 8.48. The minimum absolute atomic E-state index is 0.117. The van der Waals surface area contributed by atoms with Crippen LogP contribution in [0.5, 0.6) is 0 Å². The van der Waals surface area contributed by atoms with E-state index in [2.05, 4.69) is 179 Å². The normalized spacial score (nSPS) is 13.3. The first kappa shape index (κ1) is 75.8. The third-order valence-electron chi connectivity index (χ3n) is 13.2. The summed E-state index contributed by atoms with van der Waals surface area (Å²) in [5.74, 6) is -1.07. The van der Waals surface area contributed by atoms with Gasteiger partial charge < -0.3 is 14.2 Å². The van der Waals surface area contributed by atoms with Gasteiger partial charge in [-0.2, -0.15) is 0 Å². The molecule has 0 aromatic rings. The first-order valence-corrected chi connectivity index (χ1v) is 32.6. The first-order valence-electron chi connectivity index (χ1n) is 32.6. The molecule has 0 saturated heterocycles. The Morgan fingerprint density at radius 1 is 0.259 bits per heavy atom. The summed E-state index contributed by atoms with van der Waals surface area (Å²) in [4.78, 5) is 38.3. The molecule has 0 saturated carbocycles. The second kappa shape index (κ2) is 67.3. The number of carbonyl (C=O) groups is 3. The van der Waals surface area contributed by atoms with Gasteiger partial charge in [-0.05, 0) is 128 Å². The molecule has 0 heterocycles. The van der Waals surface area contributed by atoms with Gasteiger partial charge in [-0.3, -0.25) is 14.4 Å². The number of unbranched alkanes of at least 4 members (excludes halogenated alkanes) is 19. The quantitative estimate of drug-likeness (QED) is 0.0261. The minimum atomic E-state index is -0.834. The summed E-state index contributed by atoms with van der Waals surface area (Å²) in [6.07, 6.45) is 99.6. The first-order chi connectivity index (χ1) is 40.0. The van der Waals surface area contributed by atoms with Crippen LogP contribution in [0.2, 0.25) is 0 Å². The van der Waals surface area contributed by atoms with Gasteiger partial charge in [-0.1, -0.05) is 287 Å². The van der Waals surface area contributed by atoms with Gasteiger partial charge in [0, 0.05) is 12.8 Å². The molecule has 0 N–H and O–H groups in total. The van der Waals surface area contributed by atoms with Crippen molar-refractivity contribution in [1.82, 2.24) is 0 Å². The molecule has 81 heavy (non-hydrogen) atoms. The maximum Gasteiger partial charge on any atom is 0.309 e. The van der Waals surface area contributed by atoms with E-state index in [1.54, 1.807) is 6.08 Å². The highest BCUT2D eigenvalue weighted by Crippen LogP contribution is 2.15. The van der Waals surface area contributed by atoms with E-state index in [0.29, 0.717) is 12.8 Å². The lowest BCUT2D eigenvalue weighted by atomic mass is 10.0. The van der Waals surface area contributed by atoms with Gasteiger partial charge >= 0.3 is 17.9 Å². The smallest absolute Gasteiger partial charge is 0.309 e. The molecule has 0 radical (unpaired) electrons. The predicted octanol–water partition coefficient (Wildman–Crippen LogP) is 22.7. The monoisotopic (exact) mass is 1110 g/mol. The molecule has 0 bridgehead atoms. The molecule has 0 aromatic carbocycles. The number of carbonyl (C=O) groups excluding carboxylic acids is 3. The van der Waals surface area contributed by atoms with Crippen molar-refractivity contribution in [3.8, 4) is 0 Å². The fourth-order valence-corrected chi connectivity index (χ4v) is 8.48. The second-order valence-electron chi connectivity index (χ2n) is 20.9. The summed E-state index contributed by atoms with van der Waals surface area (Å²) in [6.45, 7) is 6.20. The third kappa shape index (κ3) is 65.5. The van der Waals surface area contributed by atoms with Gasteiger partial charge in [0.25, 0.3) is 0 Å². The summed E-state index contributed by atoms with van der Waals surface area (Å²) in [5.41, 5.74) is 0. The Morgan fingerprint density at radius 3 is 0.802 bits per heavy atom. The number of hydrogen-bond donors (Lipinski definition) is 0. The molecule has 0 spiro atoms. The lowest BCUT2D eigenvalue weighted by Gasteiger charge is -2.18. The van der Waals surface area contributed by atoms with E-state index in [1.807, 2.05) is 6.08 Å². The Morgan fingerprint density at radius 2 is 0.494 bits per heavy atom. The molecular formula is C75H118O6. The van der Waals surface area contributed by atoms with Crippen molar-refractivity contribution in [2.24, 2.45) is 0 Å². The maximum atomic E-state index is 12.9. The summed E-state index contributed by atoms with van der Waals surface area (Å²) >= 11 is 0. The number of rotatable bonds is 57. The molecule has 0 rings (SSSR count). The fraction of sp³-hybridized carbons (Fsp3) is 0.587. The average molecular weight is 1120 g/mol. The average Bonchev–Trinajstić information content (AvgIpc) is 3.47. The molecule has 0 aliphatic rings. The molecule has 0 aliphatic carbocycles. The SMILES string of the molecule is CC/C=C\C/C=C\C/C=C\C/C=C\C/C=C\CCCCCCCCCCCCCC(=O)OCC(COC(=O)C/C=C\C/C=C\C/C=C\C/C=C\C/C=C\CC)OC(=O)CCCCCCCCCC/C=C\C/C=C\C/C=C\C/C=C\CC. The predicted molar refractivity (Wildman–Crippen MR) is 352 cm³/mol. The third-order valence-corrected chi connectivity index (χ3v) is 13.2. The Labute approximate surface area is 498 Å². The second-order valence-corrected chi connectivity index (χ2v) is 20.9. The summed E-state index contributed by atoms with van der Waals surface area (Å²) < 4.78 is 16.8. The molecule has 0 fully saturated rings. The Kier molecular flexibility index (Phi) is 62.9. The van der Waals surface area contributed by atoms with Crippen LogP contribution in [-0.4, -0.2) is 37.2 Å². The minimum Gasteiger partial charge on any atom is -0.462 e. The molecule has 0 amide bonds. The number of allylic oxidation sites excluding steroid dienone is 27. The highest BCUT2D eigenvalue weighted by molar-refractivity contribution is 5.72. The van der Waals surface area contributed by atoms with Crippen LogP contribution >= 0.6 is 0 Å². The number of hydrogen-bond acceptors (Lipinski definition) is 6. The zero-order valence-electron chi connectivity index (χ0n) is 52.0. The van der Waals surface area contributed by atoms with Crippen LogP contribution in [0, 0.1) is 0 Å². The summed E-state index contributed by atoms with van der Waals surface area (Å²) in [7, 11) is 0. The highest BCUT2D eigenvalue weighted by atomic mass is 16.6. The standard InChI is InChI=1S/C75H118O6/c1-4-7-10-13-16-19-22-25-28-30-32-34-35-36-37-38-39-41-42-44-47-50-53-56-59-62-65-68-74(77)80-71-72(70-79-73(76)67-64-61-58-55-52-49-46-27-24-21-18-15-12-9-6-3)81-75(78)69-66-63-60-57-54-51-48-45-43-40-33-31-29-26-23-20-17-14-11-8-5-2/h7-12,16-21,25-29,32-34,36-37,40,46,52,55,61,64,72H,4-6,13-15,22-24,30-31,35,38-39,41-45,47-51,53-54,56-60,62-63,65-71H2,1-3H3/b10-7-,11-8-,12-9-,19-16-,20-17-,21-18-,28-25-,29-26-,34-32-,37-36-,40-33-,46-27-,55-52-,64-61-. The van der Waals surface area contributed by atoms with Crippen molar-refractivity contribution in [1.29, 1.82) is 0 Å². The van der Waals surface area contributed by atoms with Crippen LogP contribution in [0.25, 0.3) is 0 Å². The zero-order valence-corrected chi connectivity index (χ0v) is 52.0. The number of esters is 3. The van der Waals surface area contributed by atoms with Crippen molar-refractivity contribution in [3.05, 3.63) is 170 Å². The molecule has 0 aromatic heterocycles.